The number of nitrogens with zero attached hydrogens (tertiary/aromatic N) is 5. The van der Waals surface area contributed by atoms with E-state index in [0.29, 0.717) is 18.2 Å². The number of anilines is 1. The van der Waals surface area contributed by atoms with E-state index in [0.717, 1.165) is 30.8 Å². The normalized spacial score (nSPS) is 18.6. The molecule has 0 spiro atoms. The number of hydrogen-bond donors (Lipinski definition) is 0. The Morgan fingerprint density at radius 3 is 2.58 bits per heavy atom. The van der Waals surface area contributed by atoms with Crippen molar-refractivity contribution >= 4 is 15.8 Å². The average Bonchev–Trinajstić information content (AvgIpc) is 2.53. The Bertz CT molecular complexity index is 833. The lowest BCUT2D eigenvalue weighted by molar-refractivity contribution is 0.486. The predicted molar refractivity (Wildman–Crippen MR) is 90.8 cm³/mol. The molecule has 0 aromatic carbocycles. The van der Waals surface area contributed by atoms with Crippen LogP contribution in [0.3, 0.4) is 0 Å². The maximum atomic E-state index is 12.0. The van der Waals surface area contributed by atoms with Crippen LogP contribution in [-0.4, -0.2) is 47.7 Å². The number of sulfone groups is 1. The third-order valence-electron chi connectivity index (χ3n) is 4.17. The van der Waals surface area contributed by atoms with Crippen molar-refractivity contribution < 1.29 is 8.42 Å². The first kappa shape index (κ1) is 16.8. The van der Waals surface area contributed by atoms with Gasteiger partial charge in [-0.3, -0.25) is 0 Å². The fourth-order valence-corrected chi connectivity index (χ4v) is 4.00. The molecular formula is C16H21N5O2S. The molecule has 128 valence electrons. The van der Waals surface area contributed by atoms with E-state index in [9.17, 15) is 8.42 Å². The van der Waals surface area contributed by atoms with Gasteiger partial charge in [0.05, 0.1) is 5.69 Å². The Balaban J connectivity index is 1.92. The van der Waals surface area contributed by atoms with Crippen LogP contribution < -0.4 is 4.90 Å². The van der Waals surface area contributed by atoms with Gasteiger partial charge in [0.15, 0.2) is 9.84 Å². The minimum atomic E-state index is -3.35. The number of aryl methyl sites for hydroxylation is 2. The third kappa shape index (κ3) is 3.53. The summed E-state index contributed by atoms with van der Waals surface area (Å²) < 4.78 is 24.0. The molecule has 2 aromatic rings. The molecule has 0 bridgehead atoms. The van der Waals surface area contributed by atoms with E-state index in [1.165, 1.54) is 18.8 Å². The standard InChI is InChI=1S/C16H21N5O2S/c1-11-7-12(2)20-16(19-11)21-6-4-5-13(9-21)15-14(24(3,22)23)8-17-10-18-15/h7-8,10,13H,4-6,9H2,1-3H3. The van der Waals surface area contributed by atoms with Gasteiger partial charge >= 0.3 is 0 Å². The molecule has 1 saturated heterocycles. The monoisotopic (exact) mass is 347 g/mol. The molecule has 1 atom stereocenters. The molecule has 7 nitrogen and oxygen atoms in total. The topological polar surface area (TPSA) is 88.9 Å². The Kier molecular flexibility index (Phi) is 4.49. The molecule has 1 unspecified atom stereocenters. The summed E-state index contributed by atoms with van der Waals surface area (Å²) >= 11 is 0. The van der Waals surface area contributed by atoms with Crippen LogP contribution >= 0.6 is 0 Å². The fourth-order valence-electron chi connectivity index (χ4n) is 3.15. The number of rotatable bonds is 3. The highest BCUT2D eigenvalue weighted by Crippen LogP contribution is 2.30. The van der Waals surface area contributed by atoms with Crippen molar-refractivity contribution in [2.45, 2.75) is 37.5 Å². The van der Waals surface area contributed by atoms with E-state index in [1.807, 2.05) is 19.9 Å². The van der Waals surface area contributed by atoms with Gasteiger partial charge in [-0.15, -0.1) is 0 Å². The summed E-state index contributed by atoms with van der Waals surface area (Å²) in [7, 11) is -3.35. The van der Waals surface area contributed by atoms with Crippen LogP contribution in [0.15, 0.2) is 23.5 Å². The summed E-state index contributed by atoms with van der Waals surface area (Å²) in [6.45, 7) is 5.42. The van der Waals surface area contributed by atoms with Gasteiger partial charge < -0.3 is 4.90 Å². The Morgan fingerprint density at radius 1 is 1.21 bits per heavy atom. The van der Waals surface area contributed by atoms with E-state index in [-0.39, 0.29) is 10.8 Å². The van der Waals surface area contributed by atoms with Crippen molar-refractivity contribution in [1.29, 1.82) is 0 Å². The zero-order chi connectivity index (χ0) is 17.3. The van der Waals surface area contributed by atoms with Crippen molar-refractivity contribution in [2.24, 2.45) is 0 Å². The molecule has 2 aromatic heterocycles. The first-order valence-electron chi connectivity index (χ1n) is 7.92. The average molecular weight is 347 g/mol. The van der Waals surface area contributed by atoms with Gasteiger partial charge in [-0.2, -0.15) is 0 Å². The van der Waals surface area contributed by atoms with Gasteiger partial charge in [0, 0.05) is 42.8 Å². The quantitative estimate of drug-likeness (QED) is 0.834. The molecule has 0 amide bonds. The number of aromatic nitrogens is 4. The van der Waals surface area contributed by atoms with Crippen LogP contribution in [0.2, 0.25) is 0 Å². The first-order valence-corrected chi connectivity index (χ1v) is 9.81. The fraction of sp³-hybridized carbons (Fsp3) is 0.500. The highest BCUT2D eigenvalue weighted by Gasteiger charge is 2.28. The van der Waals surface area contributed by atoms with E-state index in [2.05, 4.69) is 24.8 Å². The molecule has 1 aliphatic heterocycles. The predicted octanol–water partition coefficient (Wildman–Crippen LogP) is 1.67. The minimum absolute atomic E-state index is 0.0240. The lowest BCUT2D eigenvalue weighted by Crippen LogP contribution is -2.36. The SMILES string of the molecule is Cc1cc(C)nc(N2CCCC(c3ncncc3S(C)(=O)=O)C2)n1. The third-order valence-corrected chi connectivity index (χ3v) is 5.28. The largest absolute Gasteiger partial charge is 0.340 e. The second kappa shape index (κ2) is 6.43. The zero-order valence-corrected chi connectivity index (χ0v) is 14.9. The van der Waals surface area contributed by atoms with E-state index in [1.54, 1.807) is 0 Å². The summed E-state index contributed by atoms with van der Waals surface area (Å²) in [5.74, 6) is 0.725. The minimum Gasteiger partial charge on any atom is -0.340 e. The summed E-state index contributed by atoms with van der Waals surface area (Å²) in [6, 6.07) is 1.94. The Morgan fingerprint density at radius 2 is 1.92 bits per heavy atom. The molecule has 24 heavy (non-hydrogen) atoms. The molecule has 0 N–H and O–H groups in total. The molecule has 3 rings (SSSR count). The van der Waals surface area contributed by atoms with Crippen LogP contribution in [0.5, 0.6) is 0 Å². The highest BCUT2D eigenvalue weighted by molar-refractivity contribution is 7.90. The maximum absolute atomic E-state index is 12.0. The molecule has 0 saturated carbocycles. The molecule has 3 heterocycles. The summed E-state index contributed by atoms with van der Waals surface area (Å²) in [5, 5.41) is 0. The lowest BCUT2D eigenvalue weighted by atomic mass is 9.94. The van der Waals surface area contributed by atoms with Gasteiger partial charge in [0.25, 0.3) is 0 Å². The first-order chi connectivity index (χ1) is 11.3. The zero-order valence-electron chi connectivity index (χ0n) is 14.1. The van der Waals surface area contributed by atoms with Crippen molar-refractivity contribution in [1.82, 2.24) is 19.9 Å². The Hall–Kier alpha value is -2.09. The van der Waals surface area contributed by atoms with Crippen LogP contribution in [0, 0.1) is 13.8 Å². The molecule has 8 heteroatoms. The van der Waals surface area contributed by atoms with Crippen molar-refractivity contribution in [2.75, 3.05) is 24.2 Å². The molecule has 1 aliphatic rings. The van der Waals surface area contributed by atoms with Crippen LogP contribution in [0.25, 0.3) is 0 Å². The Labute approximate surface area is 142 Å². The van der Waals surface area contributed by atoms with Crippen LogP contribution in [-0.2, 0) is 9.84 Å². The van der Waals surface area contributed by atoms with Gasteiger partial charge in [0.1, 0.15) is 11.2 Å². The molecular weight excluding hydrogens is 326 g/mol. The number of hydrogen-bond acceptors (Lipinski definition) is 7. The van der Waals surface area contributed by atoms with Gasteiger partial charge in [-0.05, 0) is 32.8 Å². The maximum Gasteiger partial charge on any atom is 0.225 e. The van der Waals surface area contributed by atoms with Crippen LogP contribution in [0.1, 0.15) is 35.8 Å². The van der Waals surface area contributed by atoms with Crippen LogP contribution in [0.4, 0.5) is 5.95 Å². The highest BCUT2D eigenvalue weighted by atomic mass is 32.2. The van der Waals surface area contributed by atoms with Gasteiger partial charge in [0.2, 0.25) is 5.95 Å². The lowest BCUT2D eigenvalue weighted by Gasteiger charge is -2.33. The van der Waals surface area contributed by atoms with Crippen molar-refractivity contribution in [3.05, 3.63) is 35.7 Å². The second-order valence-electron chi connectivity index (χ2n) is 6.28. The second-order valence-corrected chi connectivity index (χ2v) is 8.26. The van der Waals surface area contributed by atoms with E-state index < -0.39 is 9.84 Å². The van der Waals surface area contributed by atoms with E-state index >= 15 is 0 Å². The van der Waals surface area contributed by atoms with Gasteiger partial charge in [-0.25, -0.2) is 28.4 Å². The summed E-state index contributed by atoms with van der Waals surface area (Å²) in [5.41, 5.74) is 2.46. The molecule has 0 radical (unpaired) electrons. The van der Waals surface area contributed by atoms with Gasteiger partial charge in [-0.1, -0.05) is 0 Å². The molecule has 1 fully saturated rings. The molecule has 0 aliphatic carbocycles. The van der Waals surface area contributed by atoms with Crippen molar-refractivity contribution in [3.63, 3.8) is 0 Å². The van der Waals surface area contributed by atoms with Crippen molar-refractivity contribution in [3.8, 4) is 0 Å². The smallest absolute Gasteiger partial charge is 0.225 e. The van der Waals surface area contributed by atoms with E-state index in [4.69, 9.17) is 0 Å². The summed E-state index contributed by atoms with van der Waals surface area (Å²) in [6.07, 6.45) is 5.83. The number of piperidine rings is 1. The summed E-state index contributed by atoms with van der Waals surface area (Å²) in [4.78, 5) is 19.5.